The third-order valence-electron chi connectivity index (χ3n) is 2.25. The lowest BCUT2D eigenvalue weighted by Crippen LogP contribution is -2.31. The van der Waals surface area contributed by atoms with Crippen molar-refractivity contribution in [3.63, 3.8) is 0 Å². The lowest BCUT2D eigenvalue weighted by Gasteiger charge is -2.17. The summed E-state index contributed by atoms with van der Waals surface area (Å²) in [7, 11) is -5.42. The zero-order chi connectivity index (χ0) is 11.7. The van der Waals surface area contributed by atoms with Gasteiger partial charge in [-0.25, -0.2) is 0 Å². The highest BCUT2D eigenvalue weighted by Gasteiger charge is 2.50. The standard InChI is InChI=1S/C8H13F3O3S/c1-2-3-7(6-4-5-6)14-15(12,13)8(9,10)11/h6-7H,2-5H2,1H3. The molecule has 3 nitrogen and oxygen atoms in total. The van der Waals surface area contributed by atoms with Crippen LogP contribution in [0.25, 0.3) is 0 Å². The number of hydrogen-bond donors (Lipinski definition) is 0. The average molecular weight is 246 g/mol. The Bertz CT molecular complexity index is 306. The van der Waals surface area contributed by atoms with Crippen molar-refractivity contribution in [2.75, 3.05) is 0 Å². The van der Waals surface area contributed by atoms with E-state index >= 15 is 0 Å². The molecule has 0 amide bonds. The minimum absolute atomic E-state index is 0.0259. The molecule has 1 atom stereocenters. The van der Waals surface area contributed by atoms with Gasteiger partial charge in [-0.1, -0.05) is 13.3 Å². The Morgan fingerprint density at radius 2 is 1.93 bits per heavy atom. The van der Waals surface area contributed by atoms with Crippen LogP contribution < -0.4 is 0 Å². The second-order valence-electron chi connectivity index (χ2n) is 3.66. The average Bonchev–Trinajstić information content (AvgIpc) is 2.82. The Morgan fingerprint density at radius 3 is 2.27 bits per heavy atom. The van der Waals surface area contributed by atoms with Crippen LogP contribution in [0.1, 0.15) is 32.6 Å². The zero-order valence-corrected chi connectivity index (χ0v) is 9.07. The number of hydrogen-bond acceptors (Lipinski definition) is 3. The van der Waals surface area contributed by atoms with E-state index in [2.05, 4.69) is 4.18 Å². The third-order valence-corrected chi connectivity index (χ3v) is 3.32. The first kappa shape index (κ1) is 12.8. The van der Waals surface area contributed by atoms with E-state index in [9.17, 15) is 21.6 Å². The van der Waals surface area contributed by atoms with E-state index in [4.69, 9.17) is 0 Å². The molecule has 1 rings (SSSR count). The molecule has 7 heteroatoms. The molecule has 1 unspecified atom stereocenters. The molecule has 0 radical (unpaired) electrons. The summed E-state index contributed by atoms with van der Waals surface area (Å²) in [6.45, 7) is 1.78. The summed E-state index contributed by atoms with van der Waals surface area (Å²) < 4.78 is 61.7. The number of alkyl halides is 3. The van der Waals surface area contributed by atoms with Gasteiger partial charge in [-0.05, 0) is 25.2 Å². The van der Waals surface area contributed by atoms with Crippen molar-refractivity contribution in [3.05, 3.63) is 0 Å². The van der Waals surface area contributed by atoms with E-state index < -0.39 is 21.7 Å². The van der Waals surface area contributed by atoms with Crippen LogP contribution in [-0.4, -0.2) is 20.0 Å². The van der Waals surface area contributed by atoms with Gasteiger partial charge in [-0.3, -0.25) is 4.18 Å². The predicted molar refractivity (Wildman–Crippen MR) is 47.5 cm³/mol. The molecule has 0 aromatic heterocycles. The molecule has 1 aliphatic rings. The monoisotopic (exact) mass is 246 g/mol. The number of rotatable bonds is 5. The van der Waals surface area contributed by atoms with Gasteiger partial charge in [0.05, 0.1) is 6.10 Å². The van der Waals surface area contributed by atoms with Gasteiger partial charge in [0.15, 0.2) is 0 Å². The van der Waals surface area contributed by atoms with Gasteiger partial charge in [0.2, 0.25) is 0 Å². The molecule has 15 heavy (non-hydrogen) atoms. The van der Waals surface area contributed by atoms with Crippen LogP contribution in [0.5, 0.6) is 0 Å². The second kappa shape index (κ2) is 4.29. The van der Waals surface area contributed by atoms with Gasteiger partial charge in [0.25, 0.3) is 0 Å². The van der Waals surface area contributed by atoms with Gasteiger partial charge >= 0.3 is 15.6 Å². The largest absolute Gasteiger partial charge is 0.523 e. The van der Waals surface area contributed by atoms with Crippen molar-refractivity contribution in [2.24, 2.45) is 5.92 Å². The highest BCUT2D eigenvalue weighted by molar-refractivity contribution is 7.87. The summed E-state index contributed by atoms with van der Waals surface area (Å²) in [6.07, 6.45) is 1.64. The Morgan fingerprint density at radius 1 is 1.40 bits per heavy atom. The van der Waals surface area contributed by atoms with Crippen LogP contribution >= 0.6 is 0 Å². The van der Waals surface area contributed by atoms with Gasteiger partial charge in [0.1, 0.15) is 0 Å². The second-order valence-corrected chi connectivity index (χ2v) is 5.22. The summed E-state index contributed by atoms with van der Waals surface area (Å²) in [4.78, 5) is 0. The molecule has 0 saturated heterocycles. The third kappa shape index (κ3) is 3.34. The highest BCUT2D eigenvalue weighted by atomic mass is 32.2. The van der Waals surface area contributed by atoms with Crippen LogP contribution in [0.2, 0.25) is 0 Å². The fourth-order valence-electron chi connectivity index (χ4n) is 1.33. The minimum Gasteiger partial charge on any atom is -0.260 e. The van der Waals surface area contributed by atoms with Crippen LogP contribution in [0.4, 0.5) is 13.2 Å². The summed E-state index contributed by atoms with van der Waals surface area (Å²) in [5.41, 5.74) is -5.31. The summed E-state index contributed by atoms with van der Waals surface area (Å²) in [6, 6.07) is 0. The zero-order valence-electron chi connectivity index (χ0n) is 8.25. The smallest absolute Gasteiger partial charge is 0.260 e. The van der Waals surface area contributed by atoms with Gasteiger partial charge in [0, 0.05) is 0 Å². The van der Waals surface area contributed by atoms with Crippen molar-refractivity contribution in [3.8, 4) is 0 Å². The van der Waals surface area contributed by atoms with E-state index in [0.29, 0.717) is 12.8 Å². The fourth-order valence-corrected chi connectivity index (χ4v) is 2.02. The quantitative estimate of drug-likeness (QED) is 0.552. The number of halogens is 3. The lowest BCUT2D eigenvalue weighted by atomic mass is 10.1. The Hall–Kier alpha value is -0.300. The Labute approximate surface area is 86.7 Å². The molecule has 0 N–H and O–H groups in total. The molecular weight excluding hydrogens is 233 g/mol. The lowest BCUT2D eigenvalue weighted by molar-refractivity contribution is -0.0584. The van der Waals surface area contributed by atoms with Crippen LogP contribution in [0.15, 0.2) is 0 Å². The minimum atomic E-state index is -5.42. The molecule has 1 aliphatic carbocycles. The first-order valence-electron chi connectivity index (χ1n) is 4.77. The normalized spacial score (nSPS) is 20.3. The van der Waals surface area contributed by atoms with E-state index in [-0.39, 0.29) is 5.92 Å². The highest BCUT2D eigenvalue weighted by Crippen LogP contribution is 2.39. The molecule has 0 spiro atoms. The first-order chi connectivity index (χ1) is 6.78. The molecule has 90 valence electrons. The SMILES string of the molecule is CCCC(OS(=O)(=O)C(F)(F)F)C1CC1. The maximum atomic E-state index is 12.0. The van der Waals surface area contributed by atoms with E-state index in [1.165, 1.54) is 0 Å². The molecule has 0 bridgehead atoms. The van der Waals surface area contributed by atoms with Crippen molar-refractivity contribution in [1.82, 2.24) is 0 Å². The Kier molecular flexibility index (Phi) is 3.65. The van der Waals surface area contributed by atoms with E-state index in [1.807, 2.05) is 0 Å². The van der Waals surface area contributed by atoms with Crippen LogP contribution in [0.3, 0.4) is 0 Å². The van der Waals surface area contributed by atoms with Gasteiger partial charge in [-0.2, -0.15) is 21.6 Å². The first-order valence-corrected chi connectivity index (χ1v) is 6.18. The van der Waals surface area contributed by atoms with Crippen molar-refractivity contribution in [2.45, 2.75) is 44.2 Å². The van der Waals surface area contributed by atoms with Crippen molar-refractivity contribution in [1.29, 1.82) is 0 Å². The van der Waals surface area contributed by atoms with E-state index in [1.54, 1.807) is 6.92 Å². The molecule has 1 saturated carbocycles. The molecular formula is C8H13F3O3S. The maximum absolute atomic E-state index is 12.0. The molecule has 0 aromatic carbocycles. The predicted octanol–water partition coefficient (Wildman–Crippen LogP) is 2.43. The van der Waals surface area contributed by atoms with E-state index in [0.717, 1.165) is 12.8 Å². The molecule has 0 heterocycles. The summed E-state index contributed by atoms with van der Waals surface area (Å²) >= 11 is 0. The van der Waals surface area contributed by atoms with Crippen LogP contribution in [-0.2, 0) is 14.3 Å². The van der Waals surface area contributed by atoms with Crippen molar-refractivity contribution < 1.29 is 25.8 Å². The molecule has 0 aromatic rings. The maximum Gasteiger partial charge on any atom is 0.523 e. The Balaban J connectivity index is 2.65. The van der Waals surface area contributed by atoms with Crippen LogP contribution in [0, 0.1) is 5.92 Å². The topological polar surface area (TPSA) is 43.4 Å². The summed E-state index contributed by atoms with van der Waals surface area (Å²) in [5.74, 6) is -0.0259. The summed E-state index contributed by atoms with van der Waals surface area (Å²) in [5, 5.41) is 0. The van der Waals surface area contributed by atoms with Crippen molar-refractivity contribution >= 4 is 10.1 Å². The van der Waals surface area contributed by atoms with Gasteiger partial charge in [-0.15, -0.1) is 0 Å². The fraction of sp³-hybridized carbons (Fsp3) is 1.00. The van der Waals surface area contributed by atoms with Gasteiger partial charge < -0.3 is 0 Å². The molecule has 0 aliphatic heterocycles. The molecule has 1 fully saturated rings.